The van der Waals surface area contributed by atoms with Crippen LogP contribution in [0.5, 0.6) is 0 Å². The van der Waals surface area contributed by atoms with E-state index < -0.39 is 0 Å². The first-order chi connectivity index (χ1) is 10.5. The van der Waals surface area contributed by atoms with Gasteiger partial charge in [0.2, 0.25) is 0 Å². The third kappa shape index (κ3) is 4.18. The van der Waals surface area contributed by atoms with Gasteiger partial charge in [0.1, 0.15) is 5.82 Å². The summed E-state index contributed by atoms with van der Waals surface area (Å²) in [5, 5.41) is 9.71. The van der Waals surface area contributed by atoms with Gasteiger partial charge < -0.3 is 14.9 Å². The van der Waals surface area contributed by atoms with Crippen LogP contribution in [0.15, 0.2) is 18.3 Å². The van der Waals surface area contributed by atoms with Gasteiger partial charge in [-0.2, -0.15) is 0 Å². The summed E-state index contributed by atoms with van der Waals surface area (Å²) in [7, 11) is 3.82. The molecule has 1 aromatic heterocycles. The Morgan fingerprint density at radius 3 is 2.64 bits per heavy atom. The largest absolute Gasteiger partial charge is 0.392 e. The quantitative estimate of drug-likeness (QED) is 0.867. The second kappa shape index (κ2) is 7.56. The van der Waals surface area contributed by atoms with Gasteiger partial charge in [0.25, 0.3) is 5.91 Å². The van der Waals surface area contributed by atoms with Gasteiger partial charge in [-0.15, -0.1) is 0 Å². The summed E-state index contributed by atoms with van der Waals surface area (Å²) in [6.07, 6.45) is 2.17. The molecular formula is C16H26N4O2. The number of nitrogens with zero attached hydrogens (tertiary/aromatic N) is 4. The Hall–Kier alpha value is -1.66. The Bertz CT molecular complexity index is 499. The zero-order chi connectivity index (χ0) is 16.1. The summed E-state index contributed by atoms with van der Waals surface area (Å²) in [4.78, 5) is 22.8. The average molecular weight is 306 g/mol. The smallest absolute Gasteiger partial charge is 0.254 e. The number of carbonyl (C=O) groups is 1. The van der Waals surface area contributed by atoms with E-state index in [1.54, 1.807) is 12.3 Å². The number of piperazine rings is 1. The van der Waals surface area contributed by atoms with Crippen molar-refractivity contribution in [1.29, 1.82) is 0 Å². The molecule has 122 valence electrons. The molecule has 0 unspecified atom stereocenters. The lowest BCUT2D eigenvalue weighted by Gasteiger charge is -2.35. The van der Waals surface area contributed by atoms with Crippen LogP contribution in [-0.4, -0.2) is 78.7 Å². The van der Waals surface area contributed by atoms with Crippen LogP contribution in [0, 0.1) is 0 Å². The summed E-state index contributed by atoms with van der Waals surface area (Å²) in [5.41, 5.74) is 0.681. The second-order valence-corrected chi connectivity index (χ2v) is 5.95. The van der Waals surface area contributed by atoms with Crippen LogP contribution in [0.25, 0.3) is 0 Å². The Morgan fingerprint density at radius 1 is 1.36 bits per heavy atom. The number of pyridine rings is 1. The van der Waals surface area contributed by atoms with Crippen LogP contribution in [-0.2, 0) is 0 Å². The van der Waals surface area contributed by atoms with E-state index in [2.05, 4.69) is 9.88 Å². The number of hydrogen-bond donors (Lipinski definition) is 1. The number of aliphatic hydroxyl groups is 1. The first-order valence-electron chi connectivity index (χ1n) is 7.84. The minimum atomic E-state index is -0.273. The first kappa shape index (κ1) is 16.7. The average Bonchev–Trinajstić information content (AvgIpc) is 2.55. The fourth-order valence-corrected chi connectivity index (χ4v) is 2.54. The Kier molecular flexibility index (Phi) is 5.74. The zero-order valence-corrected chi connectivity index (χ0v) is 13.7. The van der Waals surface area contributed by atoms with Crippen LogP contribution in [0.4, 0.5) is 5.82 Å². The molecule has 1 N–H and O–H groups in total. The molecule has 0 aliphatic carbocycles. The van der Waals surface area contributed by atoms with Crippen LogP contribution in [0.2, 0.25) is 0 Å². The molecule has 2 rings (SSSR count). The molecule has 1 amide bonds. The lowest BCUT2D eigenvalue weighted by Crippen LogP contribution is -2.50. The lowest BCUT2D eigenvalue weighted by atomic mass is 10.2. The molecule has 0 radical (unpaired) electrons. The van der Waals surface area contributed by atoms with Gasteiger partial charge in [0.15, 0.2) is 0 Å². The van der Waals surface area contributed by atoms with Crippen molar-refractivity contribution in [2.75, 3.05) is 51.7 Å². The van der Waals surface area contributed by atoms with Crippen molar-refractivity contribution in [3.8, 4) is 0 Å². The minimum Gasteiger partial charge on any atom is -0.392 e. The highest BCUT2D eigenvalue weighted by atomic mass is 16.3. The van der Waals surface area contributed by atoms with Crippen LogP contribution in [0.1, 0.15) is 23.7 Å². The summed E-state index contributed by atoms with van der Waals surface area (Å²) in [6.45, 7) is 5.71. The third-order valence-electron chi connectivity index (χ3n) is 4.05. The molecule has 1 aliphatic rings. The standard InChI is InChI=1S/C16H26N4O2/c1-4-14(21)12-19-7-9-20(10-8-19)16(22)13-5-6-17-15(11-13)18(2)3/h5-6,11,14,21H,4,7-10,12H2,1-3H3/t14-/m0/s1. The molecule has 1 saturated heterocycles. The van der Waals surface area contributed by atoms with E-state index in [1.165, 1.54) is 0 Å². The summed E-state index contributed by atoms with van der Waals surface area (Å²) in [6, 6.07) is 3.60. The fourth-order valence-electron chi connectivity index (χ4n) is 2.54. The Morgan fingerprint density at radius 2 is 2.05 bits per heavy atom. The molecule has 0 spiro atoms. The molecule has 22 heavy (non-hydrogen) atoms. The third-order valence-corrected chi connectivity index (χ3v) is 4.05. The van der Waals surface area contributed by atoms with E-state index in [1.807, 2.05) is 36.9 Å². The number of hydrogen-bond acceptors (Lipinski definition) is 5. The number of aromatic nitrogens is 1. The molecule has 1 aromatic rings. The van der Waals surface area contributed by atoms with E-state index in [9.17, 15) is 9.90 Å². The highest BCUT2D eigenvalue weighted by Crippen LogP contribution is 2.13. The molecule has 6 heteroatoms. The van der Waals surface area contributed by atoms with Crippen molar-refractivity contribution in [3.05, 3.63) is 23.9 Å². The lowest BCUT2D eigenvalue weighted by molar-refractivity contribution is 0.0523. The maximum Gasteiger partial charge on any atom is 0.254 e. The predicted octanol–water partition coefficient (Wildman–Crippen LogP) is 0.676. The number of aliphatic hydroxyl groups excluding tert-OH is 1. The van der Waals surface area contributed by atoms with Gasteiger partial charge in [-0.1, -0.05) is 6.92 Å². The summed E-state index contributed by atoms with van der Waals surface area (Å²) < 4.78 is 0. The van der Waals surface area contributed by atoms with E-state index >= 15 is 0 Å². The van der Waals surface area contributed by atoms with Crippen molar-refractivity contribution in [3.63, 3.8) is 0 Å². The Balaban J connectivity index is 1.93. The van der Waals surface area contributed by atoms with Gasteiger partial charge >= 0.3 is 0 Å². The molecule has 1 aliphatic heterocycles. The van der Waals surface area contributed by atoms with Crippen molar-refractivity contribution in [2.24, 2.45) is 0 Å². The number of rotatable bonds is 5. The Labute approximate surface area is 132 Å². The minimum absolute atomic E-state index is 0.0567. The predicted molar refractivity (Wildman–Crippen MR) is 87.2 cm³/mol. The molecule has 6 nitrogen and oxygen atoms in total. The number of amides is 1. The van der Waals surface area contributed by atoms with Crippen molar-refractivity contribution < 1.29 is 9.90 Å². The monoisotopic (exact) mass is 306 g/mol. The van der Waals surface area contributed by atoms with E-state index in [-0.39, 0.29) is 12.0 Å². The number of anilines is 1. The molecule has 1 fully saturated rings. The maximum absolute atomic E-state index is 12.6. The van der Waals surface area contributed by atoms with E-state index in [0.29, 0.717) is 25.2 Å². The van der Waals surface area contributed by atoms with Crippen LogP contribution in [0.3, 0.4) is 0 Å². The summed E-state index contributed by atoms with van der Waals surface area (Å²) in [5.74, 6) is 0.844. The SMILES string of the molecule is CC[C@H](O)CN1CCN(C(=O)c2ccnc(N(C)C)c2)CC1. The topological polar surface area (TPSA) is 59.9 Å². The fraction of sp³-hybridized carbons (Fsp3) is 0.625. The van der Waals surface area contributed by atoms with Crippen LogP contribution < -0.4 is 4.90 Å². The van der Waals surface area contributed by atoms with Crippen molar-refractivity contribution >= 4 is 11.7 Å². The molecule has 2 heterocycles. The molecule has 0 bridgehead atoms. The maximum atomic E-state index is 12.6. The highest BCUT2D eigenvalue weighted by molar-refractivity contribution is 5.94. The zero-order valence-electron chi connectivity index (χ0n) is 13.7. The molecule has 0 saturated carbocycles. The first-order valence-corrected chi connectivity index (χ1v) is 7.84. The van der Waals surface area contributed by atoms with Crippen LogP contribution >= 0.6 is 0 Å². The van der Waals surface area contributed by atoms with Gasteiger partial charge in [0, 0.05) is 58.6 Å². The normalized spacial score (nSPS) is 17.4. The highest BCUT2D eigenvalue weighted by Gasteiger charge is 2.23. The number of β-amino-alcohol motifs (C(OH)–C–C–N with tert-alkyl or cyclic N) is 1. The van der Waals surface area contributed by atoms with E-state index in [0.717, 1.165) is 25.3 Å². The molecule has 0 aromatic carbocycles. The second-order valence-electron chi connectivity index (χ2n) is 5.95. The van der Waals surface area contributed by atoms with Gasteiger partial charge in [0.05, 0.1) is 6.10 Å². The van der Waals surface area contributed by atoms with Gasteiger partial charge in [-0.3, -0.25) is 9.69 Å². The van der Waals surface area contributed by atoms with E-state index in [4.69, 9.17) is 0 Å². The van der Waals surface area contributed by atoms with Gasteiger partial charge in [-0.25, -0.2) is 4.98 Å². The van der Waals surface area contributed by atoms with Crippen molar-refractivity contribution in [1.82, 2.24) is 14.8 Å². The van der Waals surface area contributed by atoms with Gasteiger partial charge in [-0.05, 0) is 18.6 Å². The number of carbonyl (C=O) groups excluding carboxylic acids is 1. The summed E-state index contributed by atoms with van der Waals surface area (Å²) >= 11 is 0. The van der Waals surface area contributed by atoms with Crippen molar-refractivity contribution in [2.45, 2.75) is 19.4 Å². The molecule has 1 atom stereocenters. The molecular weight excluding hydrogens is 280 g/mol.